The molecule has 0 aliphatic carbocycles. The maximum Gasteiger partial charge on any atom is 0.160 e. The van der Waals surface area contributed by atoms with Gasteiger partial charge in [-0.2, -0.15) is 0 Å². The third kappa shape index (κ3) is 2.91. The third-order valence-corrected chi connectivity index (χ3v) is 4.17. The van der Waals surface area contributed by atoms with Crippen molar-refractivity contribution in [1.82, 2.24) is 0 Å². The fourth-order valence-electron chi connectivity index (χ4n) is 1.62. The quantitative estimate of drug-likeness (QED) is 0.457. The maximum atomic E-state index is 13.9. The molecule has 0 spiro atoms. The molecule has 0 radical (unpaired) electrons. The van der Waals surface area contributed by atoms with Gasteiger partial charge in [-0.05, 0) is 23.8 Å². The van der Waals surface area contributed by atoms with Crippen LogP contribution < -0.4 is 0 Å². The van der Waals surface area contributed by atoms with Gasteiger partial charge in [-0.1, -0.05) is 51.3 Å². The third-order valence-electron chi connectivity index (χ3n) is 2.57. The molecule has 0 aromatic heterocycles. The zero-order chi connectivity index (χ0) is 14.2. The van der Waals surface area contributed by atoms with Crippen molar-refractivity contribution in [3.8, 4) is 0 Å². The van der Waals surface area contributed by atoms with Gasteiger partial charge in [0.25, 0.3) is 0 Å². The minimum atomic E-state index is -1.06. The average Bonchev–Trinajstić information content (AvgIpc) is 2.36. The number of alkyl halides is 1. The lowest BCUT2D eigenvalue weighted by Crippen LogP contribution is -2.00. The van der Waals surface area contributed by atoms with E-state index >= 15 is 0 Å². The SMILES string of the molecule is Fc1cc(Cl)c(C(Br)c2cccc(Cl)c2F)cc1F. The topological polar surface area (TPSA) is 0 Å². The molecule has 2 aromatic carbocycles. The first-order valence-corrected chi connectivity index (χ1v) is 6.81. The van der Waals surface area contributed by atoms with Crippen LogP contribution in [0.3, 0.4) is 0 Å². The Labute approximate surface area is 126 Å². The van der Waals surface area contributed by atoms with Crippen LogP contribution in [-0.4, -0.2) is 0 Å². The van der Waals surface area contributed by atoms with E-state index < -0.39 is 22.3 Å². The Kier molecular flexibility index (Phi) is 4.43. The van der Waals surface area contributed by atoms with Crippen LogP contribution in [0.4, 0.5) is 13.2 Å². The van der Waals surface area contributed by atoms with Gasteiger partial charge in [0.15, 0.2) is 11.6 Å². The lowest BCUT2D eigenvalue weighted by atomic mass is 10.0. The van der Waals surface area contributed by atoms with Crippen molar-refractivity contribution >= 4 is 39.1 Å². The molecule has 0 N–H and O–H groups in total. The van der Waals surface area contributed by atoms with Gasteiger partial charge in [0, 0.05) is 10.6 Å². The molecule has 0 saturated carbocycles. The molecule has 0 aliphatic rings. The van der Waals surface area contributed by atoms with E-state index in [0.717, 1.165) is 12.1 Å². The molecule has 2 aromatic rings. The predicted octanol–water partition coefficient (Wildman–Crippen LogP) is 5.90. The minimum Gasteiger partial charge on any atom is -0.205 e. The molecule has 1 atom stereocenters. The Morgan fingerprint density at radius 2 is 1.53 bits per heavy atom. The van der Waals surface area contributed by atoms with E-state index in [9.17, 15) is 13.2 Å². The standard InChI is InChI=1S/C13H6BrCl2F3/c14-12(6-2-1-3-8(15)13(6)19)7-4-10(17)11(18)5-9(7)16/h1-5,12H. The first-order valence-electron chi connectivity index (χ1n) is 5.14. The number of halogens is 6. The summed E-state index contributed by atoms with van der Waals surface area (Å²) in [4.78, 5) is -0.728. The summed E-state index contributed by atoms with van der Waals surface area (Å²) in [6, 6.07) is 6.22. The lowest BCUT2D eigenvalue weighted by Gasteiger charge is -2.14. The Morgan fingerprint density at radius 3 is 2.21 bits per heavy atom. The molecule has 0 nitrogen and oxygen atoms in total. The number of benzene rings is 2. The Balaban J connectivity index is 2.53. The van der Waals surface area contributed by atoms with Gasteiger partial charge in [-0.3, -0.25) is 0 Å². The van der Waals surface area contributed by atoms with Crippen LogP contribution in [-0.2, 0) is 0 Å². The van der Waals surface area contributed by atoms with E-state index in [0.29, 0.717) is 0 Å². The molecule has 0 fully saturated rings. The van der Waals surface area contributed by atoms with Crippen molar-refractivity contribution in [3.63, 3.8) is 0 Å². The highest BCUT2D eigenvalue weighted by molar-refractivity contribution is 9.09. The predicted molar refractivity (Wildman–Crippen MR) is 73.5 cm³/mol. The number of hydrogen-bond donors (Lipinski definition) is 0. The maximum absolute atomic E-state index is 13.9. The molecule has 0 amide bonds. The van der Waals surface area contributed by atoms with Crippen LogP contribution in [0.25, 0.3) is 0 Å². The summed E-state index contributed by atoms with van der Waals surface area (Å²) >= 11 is 14.7. The zero-order valence-electron chi connectivity index (χ0n) is 9.23. The zero-order valence-corrected chi connectivity index (χ0v) is 12.3. The highest BCUT2D eigenvalue weighted by Crippen LogP contribution is 2.38. The van der Waals surface area contributed by atoms with Crippen LogP contribution in [0.2, 0.25) is 10.0 Å². The van der Waals surface area contributed by atoms with Crippen LogP contribution in [0, 0.1) is 17.5 Å². The summed E-state index contributed by atoms with van der Waals surface area (Å²) in [5.74, 6) is -2.74. The molecule has 0 saturated heterocycles. The molecular formula is C13H6BrCl2F3. The Bertz CT molecular complexity index is 632. The summed E-state index contributed by atoms with van der Waals surface area (Å²) in [6.07, 6.45) is 0. The monoisotopic (exact) mass is 368 g/mol. The van der Waals surface area contributed by atoms with Gasteiger partial charge < -0.3 is 0 Å². The van der Waals surface area contributed by atoms with E-state index in [1.54, 1.807) is 6.07 Å². The Morgan fingerprint density at radius 1 is 0.895 bits per heavy atom. The summed E-state index contributed by atoms with van der Waals surface area (Å²) in [6.45, 7) is 0. The largest absolute Gasteiger partial charge is 0.205 e. The van der Waals surface area contributed by atoms with Gasteiger partial charge in [-0.15, -0.1) is 0 Å². The van der Waals surface area contributed by atoms with Crippen molar-refractivity contribution in [1.29, 1.82) is 0 Å². The molecule has 1 unspecified atom stereocenters. The van der Waals surface area contributed by atoms with Crippen molar-refractivity contribution in [2.24, 2.45) is 0 Å². The molecule has 100 valence electrons. The number of hydrogen-bond acceptors (Lipinski definition) is 0. The fraction of sp³-hybridized carbons (Fsp3) is 0.0769. The van der Waals surface area contributed by atoms with E-state index in [-0.39, 0.29) is 21.2 Å². The molecule has 2 rings (SSSR count). The van der Waals surface area contributed by atoms with Gasteiger partial charge in [0.05, 0.1) is 9.85 Å². The van der Waals surface area contributed by atoms with E-state index in [1.807, 2.05) is 0 Å². The fourth-order valence-corrected chi connectivity index (χ4v) is 2.92. The van der Waals surface area contributed by atoms with Gasteiger partial charge in [-0.25, -0.2) is 13.2 Å². The van der Waals surface area contributed by atoms with Gasteiger partial charge >= 0.3 is 0 Å². The summed E-state index contributed by atoms with van der Waals surface area (Å²) in [7, 11) is 0. The van der Waals surface area contributed by atoms with Crippen molar-refractivity contribution < 1.29 is 13.2 Å². The molecule has 0 bridgehead atoms. The molecule has 19 heavy (non-hydrogen) atoms. The number of rotatable bonds is 2. The normalized spacial score (nSPS) is 12.5. The van der Waals surface area contributed by atoms with Gasteiger partial charge in [0.2, 0.25) is 0 Å². The van der Waals surface area contributed by atoms with Crippen LogP contribution in [0.1, 0.15) is 16.0 Å². The van der Waals surface area contributed by atoms with E-state index in [2.05, 4.69) is 15.9 Å². The van der Waals surface area contributed by atoms with Crippen LogP contribution >= 0.6 is 39.1 Å². The minimum absolute atomic E-state index is 0.000139. The molecule has 0 heterocycles. The second-order valence-corrected chi connectivity index (χ2v) is 5.52. The van der Waals surface area contributed by atoms with Crippen LogP contribution in [0.5, 0.6) is 0 Å². The molecular weight excluding hydrogens is 364 g/mol. The second-order valence-electron chi connectivity index (χ2n) is 3.79. The highest BCUT2D eigenvalue weighted by atomic mass is 79.9. The first-order chi connectivity index (χ1) is 8.91. The van der Waals surface area contributed by atoms with E-state index in [1.165, 1.54) is 12.1 Å². The molecule has 0 aliphatic heterocycles. The smallest absolute Gasteiger partial charge is 0.160 e. The first kappa shape index (κ1) is 14.7. The Hall–Kier alpha value is -0.710. The van der Waals surface area contributed by atoms with Crippen molar-refractivity contribution in [3.05, 3.63) is 69.0 Å². The van der Waals surface area contributed by atoms with Crippen molar-refractivity contribution in [2.45, 2.75) is 4.83 Å². The summed E-state index contributed by atoms with van der Waals surface area (Å²) in [5.41, 5.74) is 0.419. The highest BCUT2D eigenvalue weighted by Gasteiger charge is 2.21. The van der Waals surface area contributed by atoms with E-state index in [4.69, 9.17) is 23.2 Å². The van der Waals surface area contributed by atoms with Crippen LogP contribution in [0.15, 0.2) is 30.3 Å². The van der Waals surface area contributed by atoms with Gasteiger partial charge in [0.1, 0.15) is 5.82 Å². The van der Waals surface area contributed by atoms with Crippen molar-refractivity contribution in [2.75, 3.05) is 0 Å². The summed E-state index contributed by atoms with van der Waals surface area (Å²) in [5, 5.41) is -0.0548. The molecule has 6 heteroatoms. The lowest BCUT2D eigenvalue weighted by molar-refractivity contribution is 0.507. The second kappa shape index (κ2) is 5.73. The summed E-state index contributed by atoms with van der Waals surface area (Å²) < 4.78 is 40.1. The average molecular weight is 370 g/mol.